The van der Waals surface area contributed by atoms with Gasteiger partial charge in [0.25, 0.3) is 0 Å². The summed E-state index contributed by atoms with van der Waals surface area (Å²) in [6.07, 6.45) is 6.77. The van der Waals surface area contributed by atoms with Gasteiger partial charge in [0.1, 0.15) is 5.82 Å². The highest BCUT2D eigenvalue weighted by Crippen LogP contribution is 2.14. The molecule has 20 heavy (non-hydrogen) atoms. The molecule has 0 radical (unpaired) electrons. The molecule has 2 heterocycles. The zero-order valence-electron chi connectivity index (χ0n) is 13.2. The Hall–Kier alpha value is -1.00. The first-order chi connectivity index (χ1) is 9.69. The molecule has 0 N–H and O–H groups in total. The molecule has 2 rings (SSSR count). The van der Waals surface area contributed by atoms with E-state index in [0.29, 0.717) is 6.04 Å². The molecule has 0 aromatic carbocycles. The minimum Gasteiger partial charge on any atom is -0.301 e. The van der Waals surface area contributed by atoms with E-state index in [1.165, 1.54) is 32.4 Å². The average molecular weight is 276 g/mol. The Bertz CT molecular complexity index is 401. The fourth-order valence-corrected chi connectivity index (χ4v) is 2.83. The quantitative estimate of drug-likeness (QED) is 0.765. The lowest BCUT2D eigenvalue weighted by atomic mass is 10.2. The SMILES string of the molecule is CCc1nccc(CN(C)CCC(C)N2CCCC2)n1. The first-order valence-corrected chi connectivity index (χ1v) is 7.92. The molecule has 112 valence electrons. The normalized spacial score (nSPS) is 17.8. The molecule has 4 heteroatoms. The summed E-state index contributed by atoms with van der Waals surface area (Å²) in [7, 11) is 2.18. The van der Waals surface area contributed by atoms with Crippen LogP contribution >= 0.6 is 0 Å². The van der Waals surface area contributed by atoms with Gasteiger partial charge in [0.05, 0.1) is 5.69 Å². The molecule has 0 spiro atoms. The first-order valence-electron chi connectivity index (χ1n) is 7.92. The lowest BCUT2D eigenvalue weighted by molar-refractivity contribution is 0.214. The van der Waals surface area contributed by atoms with Crippen LogP contribution in [0.25, 0.3) is 0 Å². The fraction of sp³-hybridized carbons (Fsp3) is 0.750. The lowest BCUT2D eigenvalue weighted by Gasteiger charge is -2.26. The number of aromatic nitrogens is 2. The summed E-state index contributed by atoms with van der Waals surface area (Å²) in [5, 5.41) is 0. The Morgan fingerprint density at radius 3 is 2.80 bits per heavy atom. The zero-order valence-corrected chi connectivity index (χ0v) is 13.2. The molecule has 1 aliphatic rings. The van der Waals surface area contributed by atoms with E-state index in [1.54, 1.807) is 0 Å². The standard InChI is InChI=1S/C16H28N4/c1-4-16-17-9-7-15(18-16)13-19(3)12-8-14(2)20-10-5-6-11-20/h7,9,14H,4-6,8,10-13H2,1-3H3. The van der Waals surface area contributed by atoms with Crippen LogP contribution in [0.1, 0.15) is 44.6 Å². The third-order valence-electron chi connectivity index (χ3n) is 4.20. The van der Waals surface area contributed by atoms with E-state index in [-0.39, 0.29) is 0 Å². The van der Waals surface area contributed by atoms with E-state index in [9.17, 15) is 0 Å². The van der Waals surface area contributed by atoms with Crippen LogP contribution in [0.5, 0.6) is 0 Å². The molecule has 4 nitrogen and oxygen atoms in total. The number of likely N-dealkylation sites (tertiary alicyclic amines) is 1. The largest absolute Gasteiger partial charge is 0.301 e. The zero-order chi connectivity index (χ0) is 14.4. The Balaban J connectivity index is 1.75. The molecule has 1 aliphatic heterocycles. The summed E-state index contributed by atoms with van der Waals surface area (Å²) < 4.78 is 0. The predicted molar refractivity (Wildman–Crippen MR) is 82.6 cm³/mol. The highest BCUT2D eigenvalue weighted by Gasteiger charge is 2.18. The number of rotatable bonds is 7. The summed E-state index contributed by atoms with van der Waals surface area (Å²) in [5.74, 6) is 0.946. The smallest absolute Gasteiger partial charge is 0.128 e. The number of aryl methyl sites for hydroxylation is 1. The third kappa shape index (κ3) is 4.53. The summed E-state index contributed by atoms with van der Waals surface area (Å²) >= 11 is 0. The van der Waals surface area contributed by atoms with E-state index in [1.807, 2.05) is 12.3 Å². The van der Waals surface area contributed by atoms with Crippen molar-refractivity contribution in [1.82, 2.24) is 19.8 Å². The van der Waals surface area contributed by atoms with E-state index in [4.69, 9.17) is 0 Å². The van der Waals surface area contributed by atoms with Crippen molar-refractivity contribution in [2.45, 2.75) is 52.1 Å². The van der Waals surface area contributed by atoms with Crippen molar-refractivity contribution >= 4 is 0 Å². The fourth-order valence-electron chi connectivity index (χ4n) is 2.83. The molecule has 0 amide bonds. The molecule has 0 aliphatic carbocycles. The van der Waals surface area contributed by atoms with Crippen LogP contribution in [0.4, 0.5) is 0 Å². The van der Waals surface area contributed by atoms with Crippen molar-refractivity contribution in [3.8, 4) is 0 Å². The van der Waals surface area contributed by atoms with Crippen molar-refractivity contribution in [2.75, 3.05) is 26.7 Å². The number of nitrogens with zero attached hydrogens (tertiary/aromatic N) is 4. The number of hydrogen-bond donors (Lipinski definition) is 0. The van der Waals surface area contributed by atoms with E-state index in [0.717, 1.165) is 31.0 Å². The molecule has 1 aromatic heterocycles. The Kier molecular flexibility index (Phi) is 5.92. The Morgan fingerprint density at radius 2 is 2.10 bits per heavy atom. The highest BCUT2D eigenvalue weighted by molar-refractivity contribution is 5.02. The van der Waals surface area contributed by atoms with E-state index < -0.39 is 0 Å². The van der Waals surface area contributed by atoms with Gasteiger partial charge in [0.2, 0.25) is 0 Å². The maximum Gasteiger partial charge on any atom is 0.128 e. The second kappa shape index (κ2) is 7.70. The molecule has 0 saturated carbocycles. The van der Waals surface area contributed by atoms with Crippen LogP contribution in [0.15, 0.2) is 12.3 Å². The molecule has 1 fully saturated rings. The monoisotopic (exact) mass is 276 g/mol. The second-order valence-electron chi connectivity index (χ2n) is 5.94. The molecule has 1 atom stereocenters. The van der Waals surface area contributed by atoms with Gasteiger partial charge in [0, 0.05) is 25.2 Å². The van der Waals surface area contributed by atoms with Gasteiger partial charge in [-0.2, -0.15) is 0 Å². The van der Waals surface area contributed by atoms with Crippen molar-refractivity contribution in [3.05, 3.63) is 23.8 Å². The number of hydrogen-bond acceptors (Lipinski definition) is 4. The topological polar surface area (TPSA) is 32.3 Å². The van der Waals surface area contributed by atoms with Crippen molar-refractivity contribution in [3.63, 3.8) is 0 Å². The van der Waals surface area contributed by atoms with Gasteiger partial charge in [-0.3, -0.25) is 0 Å². The third-order valence-corrected chi connectivity index (χ3v) is 4.20. The van der Waals surface area contributed by atoms with Gasteiger partial charge in [-0.1, -0.05) is 6.92 Å². The van der Waals surface area contributed by atoms with Crippen molar-refractivity contribution < 1.29 is 0 Å². The van der Waals surface area contributed by atoms with Crippen LogP contribution in [0.2, 0.25) is 0 Å². The molecule has 0 bridgehead atoms. The predicted octanol–water partition coefficient (Wildman–Crippen LogP) is 2.35. The Morgan fingerprint density at radius 1 is 1.35 bits per heavy atom. The molecule has 1 aromatic rings. The van der Waals surface area contributed by atoms with Gasteiger partial charge >= 0.3 is 0 Å². The van der Waals surface area contributed by atoms with Gasteiger partial charge in [-0.25, -0.2) is 9.97 Å². The maximum absolute atomic E-state index is 4.57. The minimum absolute atomic E-state index is 0.705. The summed E-state index contributed by atoms with van der Waals surface area (Å²) in [6, 6.07) is 2.73. The second-order valence-corrected chi connectivity index (χ2v) is 5.94. The van der Waals surface area contributed by atoms with Crippen LogP contribution < -0.4 is 0 Å². The van der Waals surface area contributed by atoms with Crippen LogP contribution in [-0.4, -0.2) is 52.5 Å². The summed E-state index contributed by atoms with van der Waals surface area (Å²) in [5.41, 5.74) is 1.13. The maximum atomic E-state index is 4.57. The molecular weight excluding hydrogens is 248 g/mol. The van der Waals surface area contributed by atoms with Gasteiger partial charge in [0.15, 0.2) is 0 Å². The highest BCUT2D eigenvalue weighted by atomic mass is 15.2. The Labute approximate surface area is 123 Å². The summed E-state index contributed by atoms with van der Waals surface area (Å²) in [4.78, 5) is 13.8. The van der Waals surface area contributed by atoms with Crippen molar-refractivity contribution in [2.24, 2.45) is 0 Å². The first kappa shape index (κ1) is 15.4. The van der Waals surface area contributed by atoms with Crippen LogP contribution in [0, 0.1) is 0 Å². The molecule has 1 unspecified atom stereocenters. The van der Waals surface area contributed by atoms with Gasteiger partial charge in [-0.15, -0.1) is 0 Å². The van der Waals surface area contributed by atoms with Gasteiger partial charge < -0.3 is 9.80 Å². The van der Waals surface area contributed by atoms with Crippen molar-refractivity contribution in [1.29, 1.82) is 0 Å². The van der Waals surface area contributed by atoms with Crippen LogP contribution in [0.3, 0.4) is 0 Å². The lowest BCUT2D eigenvalue weighted by Crippen LogP contribution is -2.33. The average Bonchev–Trinajstić information content (AvgIpc) is 2.99. The van der Waals surface area contributed by atoms with Gasteiger partial charge in [-0.05, 0) is 58.9 Å². The molecule has 1 saturated heterocycles. The van der Waals surface area contributed by atoms with E-state index >= 15 is 0 Å². The van der Waals surface area contributed by atoms with E-state index in [2.05, 4.69) is 40.7 Å². The summed E-state index contributed by atoms with van der Waals surface area (Å²) in [6.45, 7) is 9.08. The minimum atomic E-state index is 0.705. The molecular formula is C16H28N4. The van der Waals surface area contributed by atoms with Crippen LogP contribution in [-0.2, 0) is 13.0 Å².